The van der Waals surface area contributed by atoms with Crippen LogP contribution in [-0.2, 0) is 0 Å². The van der Waals surface area contributed by atoms with E-state index in [2.05, 4.69) is 29.2 Å². The lowest BCUT2D eigenvalue weighted by Gasteiger charge is -2.13. The molecule has 0 spiro atoms. The van der Waals surface area contributed by atoms with Gasteiger partial charge in [-0.05, 0) is 53.1 Å². The zero-order valence-corrected chi connectivity index (χ0v) is 35.8. The number of halogens is 9. The molecule has 0 unspecified atom stereocenters. The normalized spacial score (nSPS) is 11.4. The van der Waals surface area contributed by atoms with Crippen molar-refractivity contribution in [2.24, 2.45) is 5.73 Å². The number of hydrogen-bond donors (Lipinski definition) is 1. The standard InChI is InChI=1S/C17H11F3N2O3.C17H12F3NO2.C16H10F3NO2/c18-17(19,20)25-14-7-2-1-6-12(14)10-4-3-5-11(8-10)13-9-24-16(22-13)15(21)23;1-11-21-15(10-22-11)13-6-4-5-12(9-13)14-7-2-3-8-16(14)23-17(18,19)20;17-16(18,19)22-14-7-2-1-6-13(14)11-4-3-5-12(8-11)15-9-20-10-21-15/h1-9H,(H2,21,23);2-10H,1H3;1-10H. The molecule has 0 saturated heterocycles. The molecule has 0 aliphatic heterocycles. The van der Waals surface area contributed by atoms with E-state index < -0.39 is 25.0 Å². The number of amides is 1. The smallest absolute Gasteiger partial charge is 0.449 e. The van der Waals surface area contributed by atoms with Gasteiger partial charge in [-0.2, -0.15) is 0 Å². The van der Waals surface area contributed by atoms with Crippen molar-refractivity contribution in [3.63, 3.8) is 0 Å². The number of benzene rings is 6. The fourth-order valence-electron chi connectivity index (χ4n) is 6.66. The SMILES string of the molecule is Cc1nc(-c2cccc(-c3ccccc3OC(F)(F)F)c2)co1.FC(F)(F)Oc1ccccc1-c1cccc(-c2cnco2)c1.NC(=O)c1nc(-c2cccc(-c3ccccc3OC(F)(F)F)c2)co1. The molecule has 0 aliphatic carbocycles. The molecule has 2 N–H and O–H groups in total. The molecule has 0 radical (unpaired) electrons. The molecule has 3 heterocycles. The highest BCUT2D eigenvalue weighted by Crippen LogP contribution is 2.38. The minimum Gasteiger partial charge on any atom is -0.449 e. The van der Waals surface area contributed by atoms with Crippen LogP contribution < -0.4 is 19.9 Å². The maximum Gasteiger partial charge on any atom is 0.573 e. The van der Waals surface area contributed by atoms with Crippen LogP contribution in [0.5, 0.6) is 17.2 Å². The highest BCUT2D eigenvalue weighted by Gasteiger charge is 2.34. The van der Waals surface area contributed by atoms with Crippen LogP contribution in [0.4, 0.5) is 39.5 Å². The van der Waals surface area contributed by atoms with Crippen LogP contribution in [0, 0.1) is 6.92 Å². The summed E-state index contributed by atoms with van der Waals surface area (Å²) in [4.78, 5) is 23.0. The summed E-state index contributed by atoms with van der Waals surface area (Å²) in [6, 6.07) is 38.4. The highest BCUT2D eigenvalue weighted by atomic mass is 19.4. The average Bonchev–Trinajstić information content (AvgIpc) is 4.13. The number of aromatic nitrogens is 3. The van der Waals surface area contributed by atoms with Gasteiger partial charge in [-0.3, -0.25) is 4.79 Å². The topological polar surface area (TPSA) is 149 Å². The Morgan fingerprint density at radius 1 is 0.486 bits per heavy atom. The number of hydrogen-bond acceptors (Lipinski definition) is 10. The fourth-order valence-corrected chi connectivity index (χ4v) is 6.66. The first kappa shape index (κ1) is 49.1. The second kappa shape index (κ2) is 21.0. The lowest BCUT2D eigenvalue weighted by Crippen LogP contribution is -2.17. The quantitative estimate of drug-likeness (QED) is 0.131. The number of nitrogens with two attached hydrogens (primary N) is 1. The van der Waals surface area contributed by atoms with Gasteiger partial charge in [0, 0.05) is 40.3 Å². The Labute approximate surface area is 390 Å². The molecule has 9 aromatic rings. The van der Waals surface area contributed by atoms with Gasteiger partial charge in [-0.1, -0.05) is 109 Å². The molecular weight excluding hydrogens is 940 g/mol. The van der Waals surface area contributed by atoms with Crippen molar-refractivity contribution >= 4 is 5.91 Å². The molecule has 6 aromatic carbocycles. The Morgan fingerprint density at radius 2 is 0.871 bits per heavy atom. The van der Waals surface area contributed by atoms with Crippen LogP contribution >= 0.6 is 0 Å². The van der Waals surface area contributed by atoms with Gasteiger partial charge < -0.3 is 33.2 Å². The summed E-state index contributed by atoms with van der Waals surface area (Å²) < 4.78 is 140. The van der Waals surface area contributed by atoms with E-state index in [4.69, 9.17) is 19.0 Å². The minimum atomic E-state index is -4.80. The van der Waals surface area contributed by atoms with E-state index in [-0.39, 0.29) is 28.7 Å². The van der Waals surface area contributed by atoms with Crippen LogP contribution in [0.1, 0.15) is 16.6 Å². The molecule has 1 amide bonds. The van der Waals surface area contributed by atoms with E-state index in [9.17, 15) is 44.3 Å². The molecule has 358 valence electrons. The average molecular weight is 973 g/mol. The van der Waals surface area contributed by atoms with E-state index >= 15 is 0 Å². The van der Waals surface area contributed by atoms with E-state index in [0.29, 0.717) is 56.4 Å². The monoisotopic (exact) mass is 972 g/mol. The van der Waals surface area contributed by atoms with Crippen molar-refractivity contribution in [2.45, 2.75) is 26.0 Å². The molecule has 0 fully saturated rings. The lowest BCUT2D eigenvalue weighted by atomic mass is 10.0. The number of aryl methyl sites for hydroxylation is 1. The van der Waals surface area contributed by atoms with E-state index in [0.717, 1.165) is 11.1 Å². The summed E-state index contributed by atoms with van der Waals surface area (Å²) in [7, 11) is 0. The van der Waals surface area contributed by atoms with E-state index in [1.54, 1.807) is 104 Å². The number of rotatable bonds is 10. The van der Waals surface area contributed by atoms with Crippen molar-refractivity contribution in [3.05, 3.63) is 182 Å². The number of primary amides is 1. The molecule has 70 heavy (non-hydrogen) atoms. The number of nitrogens with zero attached hydrogens (tertiary/aromatic N) is 3. The predicted octanol–water partition coefficient (Wildman–Crippen LogP) is 14.1. The van der Waals surface area contributed by atoms with Gasteiger partial charge in [0.1, 0.15) is 41.2 Å². The highest BCUT2D eigenvalue weighted by molar-refractivity contribution is 5.88. The third-order valence-electron chi connectivity index (χ3n) is 9.50. The van der Waals surface area contributed by atoms with Gasteiger partial charge in [-0.25, -0.2) is 15.0 Å². The summed E-state index contributed by atoms with van der Waals surface area (Å²) in [5, 5.41) is 0. The Hall–Kier alpha value is -8.81. The van der Waals surface area contributed by atoms with Crippen LogP contribution in [0.25, 0.3) is 67.2 Å². The molecule has 9 rings (SSSR count). The largest absolute Gasteiger partial charge is 0.573 e. The van der Waals surface area contributed by atoms with Gasteiger partial charge >= 0.3 is 25.0 Å². The van der Waals surface area contributed by atoms with Crippen molar-refractivity contribution in [3.8, 4) is 84.5 Å². The van der Waals surface area contributed by atoms with Crippen LogP contribution in [0.3, 0.4) is 0 Å². The van der Waals surface area contributed by atoms with Gasteiger partial charge in [0.05, 0.1) is 6.20 Å². The first-order valence-corrected chi connectivity index (χ1v) is 20.2. The Morgan fingerprint density at radius 3 is 1.24 bits per heavy atom. The first-order chi connectivity index (χ1) is 33.3. The lowest BCUT2D eigenvalue weighted by molar-refractivity contribution is -0.275. The van der Waals surface area contributed by atoms with Crippen molar-refractivity contribution in [1.82, 2.24) is 15.0 Å². The Bertz CT molecular complexity index is 3180. The number of alkyl halides is 9. The molecule has 11 nitrogen and oxygen atoms in total. The maximum atomic E-state index is 12.6. The number of carbonyl (C=O) groups is 1. The molecule has 20 heteroatoms. The number of ether oxygens (including phenoxy) is 3. The summed E-state index contributed by atoms with van der Waals surface area (Å²) in [5.74, 6) is -0.807. The first-order valence-electron chi connectivity index (χ1n) is 20.2. The summed E-state index contributed by atoms with van der Waals surface area (Å²) in [6.45, 7) is 1.72. The van der Waals surface area contributed by atoms with E-state index in [1.165, 1.54) is 67.6 Å². The third-order valence-corrected chi connectivity index (χ3v) is 9.50. The van der Waals surface area contributed by atoms with Crippen LogP contribution in [-0.4, -0.2) is 39.9 Å². The number of carbonyl (C=O) groups excluding carboxylic acids is 1. The molecular formula is C50H33F9N4O7. The second-order valence-electron chi connectivity index (χ2n) is 14.4. The zero-order valence-electron chi connectivity index (χ0n) is 35.8. The third kappa shape index (κ3) is 13.4. The fraction of sp³-hybridized carbons (Fsp3) is 0.0800. The zero-order chi connectivity index (χ0) is 50.1. The van der Waals surface area contributed by atoms with Gasteiger partial charge in [0.2, 0.25) is 0 Å². The summed E-state index contributed by atoms with van der Waals surface area (Å²) in [5.41, 5.74) is 10.7. The van der Waals surface area contributed by atoms with Gasteiger partial charge in [0.25, 0.3) is 5.89 Å². The number of para-hydroxylation sites is 3. The molecule has 3 aromatic heterocycles. The van der Waals surface area contributed by atoms with Gasteiger partial charge in [0.15, 0.2) is 18.0 Å². The molecule has 0 saturated carbocycles. The molecule has 0 atom stereocenters. The van der Waals surface area contributed by atoms with Gasteiger partial charge in [-0.15, -0.1) is 39.5 Å². The number of oxazole rings is 3. The van der Waals surface area contributed by atoms with Crippen LogP contribution in [0.2, 0.25) is 0 Å². The van der Waals surface area contributed by atoms with Crippen molar-refractivity contribution < 1.29 is 71.8 Å². The van der Waals surface area contributed by atoms with E-state index in [1.807, 2.05) is 6.07 Å². The Kier molecular flexibility index (Phi) is 14.7. The maximum absolute atomic E-state index is 12.6. The molecule has 0 bridgehead atoms. The Balaban J connectivity index is 0.000000155. The van der Waals surface area contributed by atoms with Crippen molar-refractivity contribution in [1.29, 1.82) is 0 Å². The summed E-state index contributed by atoms with van der Waals surface area (Å²) >= 11 is 0. The van der Waals surface area contributed by atoms with Crippen LogP contribution in [0.15, 0.2) is 184 Å². The second-order valence-corrected chi connectivity index (χ2v) is 14.4. The van der Waals surface area contributed by atoms with Crippen molar-refractivity contribution in [2.75, 3.05) is 0 Å². The summed E-state index contributed by atoms with van der Waals surface area (Å²) in [6.07, 6.45) is -8.68. The minimum absolute atomic E-state index is 0.242. The predicted molar refractivity (Wildman–Crippen MR) is 235 cm³/mol. The molecule has 0 aliphatic rings.